The Balaban J connectivity index is 1.56. The normalized spacial score (nSPS) is 10.6. The molecule has 0 aliphatic carbocycles. The number of methoxy groups -OCH3 is 1. The van der Waals surface area contributed by atoms with Gasteiger partial charge in [-0.1, -0.05) is 19.1 Å². The Morgan fingerprint density at radius 1 is 0.906 bits per heavy atom. The molecule has 164 valence electrons. The fraction of sp³-hybridized carbons (Fsp3) is 0.160. The second-order valence-corrected chi connectivity index (χ2v) is 6.76. The summed E-state index contributed by atoms with van der Waals surface area (Å²) in [7, 11) is 1.56. The molecule has 7 nitrogen and oxygen atoms in total. The van der Waals surface area contributed by atoms with Crippen molar-refractivity contribution in [2.75, 3.05) is 13.7 Å². The number of ether oxygens (including phenoxy) is 3. The zero-order valence-electron chi connectivity index (χ0n) is 17.9. The van der Waals surface area contributed by atoms with Gasteiger partial charge in [0.1, 0.15) is 17.2 Å². The molecule has 0 aliphatic heterocycles. The second kappa shape index (κ2) is 11.3. The number of rotatable bonds is 9. The third-order valence-corrected chi connectivity index (χ3v) is 4.36. The number of amides is 1. The van der Waals surface area contributed by atoms with Crippen LogP contribution in [0.25, 0.3) is 0 Å². The summed E-state index contributed by atoms with van der Waals surface area (Å²) in [6.45, 7) is 2.66. The van der Waals surface area contributed by atoms with Gasteiger partial charge in [0.15, 0.2) is 0 Å². The van der Waals surface area contributed by atoms with E-state index in [1.807, 2.05) is 6.92 Å². The molecule has 0 fully saturated rings. The number of hydrogen-bond donors (Lipinski definition) is 1. The lowest BCUT2D eigenvalue weighted by Gasteiger charge is -2.06. The minimum atomic E-state index is -0.485. The number of hydrogen-bond acceptors (Lipinski definition) is 6. The van der Waals surface area contributed by atoms with Crippen molar-refractivity contribution in [2.24, 2.45) is 5.10 Å². The Kier molecular flexibility index (Phi) is 7.97. The summed E-state index contributed by atoms with van der Waals surface area (Å²) in [5.41, 5.74) is 4.01. The Hall–Kier alpha value is -4.13. The molecule has 1 amide bonds. The van der Waals surface area contributed by atoms with Crippen LogP contribution in [0.1, 0.15) is 39.6 Å². The number of nitrogens with zero attached hydrogens (tertiary/aromatic N) is 1. The van der Waals surface area contributed by atoms with E-state index in [-0.39, 0.29) is 5.91 Å². The van der Waals surface area contributed by atoms with Crippen LogP contribution >= 0.6 is 0 Å². The van der Waals surface area contributed by atoms with Crippen molar-refractivity contribution in [1.29, 1.82) is 0 Å². The van der Waals surface area contributed by atoms with E-state index in [9.17, 15) is 9.59 Å². The van der Waals surface area contributed by atoms with E-state index in [0.717, 1.165) is 6.42 Å². The summed E-state index contributed by atoms with van der Waals surface area (Å²) in [6.07, 6.45) is 2.39. The first-order valence-electron chi connectivity index (χ1n) is 10.1. The lowest BCUT2D eigenvalue weighted by molar-refractivity contribution is 0.0734. The SMILES string of the molecule is CCCOc1ccc(C(=O)NN=Cc2cccc(OC(=O)c3ccc(OC)cc3)c2)cc1. The smallest absolute Gasteiger partial charge is 0.343 e. The minimum absolute atomic E-state index is 0.342. The van der Waals surface area contributed by atoms with Crippen LogP contribution in [0.2, 0.25) is 0 Å². The first-order chi connectivity index (χ1) is 15.6. The molecule has 0 bridgehead atoms. The lowest BCUT2D eigenvalue weighted by atomic mass is 10.2. The standard InChI is InChI=1S/C25H24N2O5/c1-3-15-31-22-13-7-19(8-14-22)24(28)27-26-17-18-5-4-6-23(16-18)32-25(29)20-9-11-21(30-2)12-10-20/h4-14,16-17H,3,15H2,1-2H3,(H,27,28). The summed E-state index contributed by atoms with van der Waals surface area (Å²) >= 11 is 0. The van der Waals surface area contributed by atoms with Crippen LogP contribution in [0, 0.1) is 0 Å². The van der Waals surface area contributed by atoms with Gasteiger partial charge in [0.05, 0.1) is 25.5 Å². The van der Waals surface area contributed by atoms with Crippen LogP contribution in [-0.4, -0.2) is 31.8 Å². The van der Waals surface area contributed by atoms with Gasteiger partial charge < -0.3 is 14.2 Å². The summed E-state index contributed by atoms with van der Waals surface area (Å²) in [6, 6.07) is 20.3. The van der Waals surface area contributed by atoms with Gasteiger partial charge in [-0.15, -0.1) is 0 Å². The van der Waals surface area contributed by atoms with Crippen molar-refractivity contribution in [3.8, 4) is 17.2 Å². The fourth-order valence-corrected chi connectivity index (χ4v) is 2.70. The summed E-state index contributed by atoms with van der Waals surface area (Å²) in [4.78, 5) is 24.5. The third kappa shape index (κ3) is 6.43. The largest absolute Gasteiger partial charge is 0.497 e. The molecule has 0 heterocycles. The highest BCUT2D eigenvalue weighted by Crippen LogP contribution is 2.17. The molecule has 0 radical (unpaired) electrons. The van der Waals surface area contributed by atoms with E-state index in [2.05, 4.69) is 10.5 Å². The molecule has 7 heteroatoms. The number of nitrogens with one attached hydrogen (secondary N) is 1. The van der Waals surface area contributed by atoms with Crippen molar-refractivity contribution < 1.29 is 23.8 Å². The average Bonchev–Trinajstić information content (AvgIpc) is 2.83. The van der Waals surface area contributed by atoms with Crippen molar-refractivity contribution in [2.45, 2.75) is 13.3 Å². The van der Waals surface area contributed by atoms with Crippen LogP contribution in [0.3, 0.4) is 0 Å². The fourth-order valence-electron chi connectivity index (χ4n) is 2.70. The van der Waals surface area contributed by atoms with Crippen LogP contribution in [0.15, 0.2) is 77.9 Å². The van der Waals surface area contributed by atoms with E-state index in [0.29, 0.717) is 40.5 Å². The zero-order valence-corrected chi connectivity index (χ0v) is 17.9. The third-order valence-electron chi connectivity index (χ3n) is 4.36. The van der Waals surface area contributed by atoms with Gasteiger partial charge >= 0.3 is 5.97 Å². The maximum atomic E-state index is 12.3. The lowest BCUT2D eigenvalue weighted by Crippen LogP contribution is -2.17. The Morgan fingerprint density at radius 2 is 1.59 bits per heavy atom. The van der Waals surface area contributed by atoms with Crippen molar-refractivity contribution in [1.82, 2.24) is 5.43 Å². The van der Waals surface area contributed by atoms with E-state index in [4.69, 9.17) is 14.2 Å². The number of carbonyl (C=O) groups is 2. The summed E-state index contributed by atoms with van der Waals surface area (Å²) in [5, 5.41) is 3.98. The topological polar surface area (TPSA) is 86.2 Å². The quantitative estimate of drug-likeness (QED) is 0.233. The molecule has 0 unspecified atom stereocenters. The minimum Gasteiger partial charge on any atom is -0.497 e. The van der Waals surface area contributed by atoms with E-state index >= 15 is 0 Å². The maximum Gasteiger partial charge on any atom is 0.343 e. The molecule has 0 atom stereocenters. The monoisotopic (exact) mass is 432 g/mol. The van der Waals surface area contributed by atoms with Gasteiger partial charge in [-0.3, -0.25) is 4.79 Å². The van der Waals surface area contributed by atoms with Crippen molar-refractivity contribution >= 4 is 18.1 Å². The molecular weight excluding hydrogens is 408 g/mol. The first-order valence-corrected chi connectivity index (χ1v) is 10.1. The van der Waals surface area contributed by atoms with Crippen LogP contribution in [0.4, 0.5) is 0 Å². The first kappa shape index (κ1) is 22.6. The summed E-state index contributed by atoms with van der Waals surface area (Å²) in [5.74, 6) is 0.908. The molecule has 0 aromatic heterocycles. The van der Waals surface area contributed by atoms with Gasteiger partial charge in [-0.2, -0.15) is 5.10 Å². The molecule has 1 N–H and O–H groups in total. The van der Waals surface area contributed by atoms with Crippen LogP contribution < -0.4 is 19.6 Å². The highest BCUT2D eigenvalue weighted by molar-refractivity contribution is 5.95. The van der Waals surface area contributed by atoms with Crippen molar-refractivity contribution in [3.63, 3.8) is 0 Å². The van der Waals surface area contributed by atoms with Gasteiger partial charge in [0.2, 0.25) is 0 Å². The Morgan fingerprint density at radius 3 is 2.28 bits per heavy atom. The molecule has 3 aromatic carbocycles. The van der Waals surface area contributed by atoms with E-state index in [1.54, 1.807) is 79.9 Å². The number of carbonyl (C=O) groups excluding carboxylic acids is 2. The second-order valence-electron chi connectivity index (χ2n) is 6.76. The molecule has 3 rings (SSSR count). The van der Waals surface area contributed by atoms with Crippen molar-refractivity contribution in [3.05, 3.63) is 89.5 Å². The zero-order chi connectivity index (χ0) is 22.8. The van der Waals surface area contributed by atoms with Crippen LogP contribution in [0.5, 0.6) is 17.2 Å². The van der Waals surface area contributed by atoms with Crippen LogP contribution in [-0.2, 0) is 0 Å². The molecule has 3 aromatic rings. The molecule has 32 heavy (non-hydrogen) atoms. The molecule has 0 aliphatic rings. The predicted molar refractivity (Wildman–Crippen MR) is 122 cm³/mol. The van der Waals surface area contributed by atoms with Gasteiger partial charge in [-0.05, 0) is 72.6 Å². The maximum absolute atomic E-state index is 12.3. The van der Waals surface area contributed by atoms with Gasteiger partial charge in [-0.25, -0.2) is 10.2 Å². The molecule has 0 spiro atoms. The highest BCUT2D eigenvalue weighted by Gasteiger charge is 2.09. The summed E-state index contributed by atoms with van der Waals surface area (Å²) < 4.78 is 16.0. The number of esters is 1. The molecule has 0 saturated heterocycles. The van der Waals surface area contributed by atoms with E-state index in [1.165, 1.54) is 6.21 Å². The van der Waals surface area contributed by atoms with E-state index < -0.39 is 5.97 Å². The number of hydrazone groups is 1. The Labute approximate surface area is 186 Å². The molecule has 0 saturated carbocycles. The average molecular weight is 432 g/mol. The van der Waals surface area contributed by atoms with Gasteiger partial charge in [0.25, 0.3) is 5.91 Å². The van der Waals surface area contributed by atoms with Gasteiger partial charge in [0, 0.05) is 5.56 Å². The highest BCUT2D eigenvalue weighted by atomic mass is 16.5. The Bertz CT molecular complexity index is 1080. The predicted octanol–water partition coefficient (Wildman–Crippen LogP) is 4.47. The molecular formula is C25H24N2O5. The number of benzene rings is 3.